The molecule has 2 heterocycles. The molecule has 71 heavy (non-hydrogen) atoms. The lowest BCUT2D eigenvalue weighted by molar-refractivity contribution is -0.143. The molecule has 6 N–H and O–H groups in total. The zero-order chi connectivity index (χ0) is 49.9. The topological polar surface area (TPSA) is 200 Å². The molecule has 0 spiro atoms. The minimum Gasteiger partial charge on any atom is -0.366 e. The van der Waals surface area contributed by atoms with Gasteiger partial charge in [-0.25, -0.2) is 0 Å². The van der Waals surface area contributed by atoms with Gasteiger partial charge in [-0.3, -0.25) is 28.8 Å². The van der Waals surface area contributed by atoms with Crippen molar-refractivity contribution < 1.29 is 38.2 Å². The molecule has 8 rings (SSSR count). The summed E-state index contributed by atoms with van der Waals surface area (Å²) < 4.78 is 11.5. The number of nitrogens with zero attached hydrogens (tertiary/aromatic N) is 2. The first-order valence-corrected chi connectivity index (χ1v) is 24.2. The number of likely N-dealkylation sites (N-methyl/N-ethyl adjacent to an activating group) is 2. The molecule has 2 aliphatic heterocycles. The van der Waals surface area contributed by atoms with Crippen LogP contribution in [-0.4, -0.2) is 136 Å². The molecule has 16 heteroatoms. The van der Waals surface area contributed by atoms with E-state index in [0.29, 0.717) is 38.8 Å². The van der Waals surface area contributed by atoms with Gasteiger partial charge in [-0.1, -0.05) is 109 Å². The van der Waals surface area contributed by atoms with Gasteiger partial charge in [0.15, 0.2) is 0 Å². The van der Waals surface area contributed by atoms with Gasteiger partial charge < -0.3 is 51.2 Å². The van der Waals surface area contributed by atoms with Gasteiger partial charge in [0.2, 0.25) is 35.4 Å². The monoisotopic (exact) mass is 960 g/mol. The van der Waals surface area contributed by atoms with E-state index in [2.05, 4.69) is 55.6 Å². The van der Waals surface area contributed by atoms with E-state index in [1.54, 1.807) is 21.0 Å². The molecule has 5 atom stereocenters. The first-order valence-electron chi connectivity index (χ1n) is 24.2. The average molecular weight is 961 g/mol. The summed E-state index contributed by atoms with van der Waals surface area (Å²) in [4.78, 5) is 84.9. The Morgan fingerprint density at radius 2 is 0.986 bits per heavy atom. The summed E-state index contributed by atoms with van der Waals surface area (Å²) in [6, 6.07) is 26.9. The van der Waals surface area contributed by atoms with Crippen LogP contribution in [0.5, 0.6) is 0 Å². The third-order valence-electron chi connectivity index (χ3n) is 13.5. The Morgan fingerprint density at radius 1 is 0.592 bits per heavy atom. The molecule has 0 radical (unpaired) electrons. The Morgan fingerprint density at radius 3 is 1.38 bits per heavy atom. The van der Waals surface area contributed by atoms with Gasteiger partial charge in [0, 0.05) is 13.1 Å². The van der Waals surface area contributed by atoms with Crippen molar-refractivity contribution in [3.05, 3.63) is 119 Å². The molecular weight excluding hydrogens is 901 g/mol. The fourth-order valence-corrected chi connectivity index (χ4v) is 9.90. The van der Waals surface area contributed by atoms with Crippen molar-refractivity contribution in [3.63, 3.8) is 0 Å². The predicted molar refractivity (Wildman–Crippen MR) is 267 cm³/mol. The Balaban J connectivity index is 0.838. The second-order valence-corrected chi connectivity index (χ2v) is 18.0. The van der Waals surface area contributed by atoms with Crippen molar-refractivity contribution in [1.82, 2.24) is 41.7 Å². The van der Waals surface area contributed by atoms with Gasteiger partial charge >= 0.3 is 0 Å². The molecule has 6 amide bonds. The molecule has 16 nitrogen and oxygen atoms in total. The van der Waals surface area contributed by atoms with Crippen LogP contribution in [0.25, 0.3) is 22.3 Å². The number of fused-ring (bicyclic) bond motifs is 6. The number of hydrogen-bond acceptors (Lipinski definition) is 10. The van der Waals surface area contributed by atoms with Crippen LogP contribution in [0.2, 0.25) is 0 Å². The molecule has 0 aromatic heterocycles. The maximum Gasteiger partial charge on any atom is 0.248 e. The average Bonchev–Trinajstić information content (AvgIpc) is 4.21. The predicted octanol–water partition coefficient (Wildman–Crippen LogP) is 2.58. The summed E-state index contributed by atoms with van der Waals surface area (Å²) in [5.74, 6) is 8.74. The van der Waals surface area contributed by atoms with Gasteiger partial charge in [-0.05, 0) is 103 Å². The molecule has 0 bridgehead atoms. The quantitative estimate of drug-likeness (QED) is 0.0637. The number of hydrogen-bond donors (Lipinski definition) is 6. The van der Waals surface area contributed by atoms with E-state index in [4.69, 9.17) is 9.47 Å². The lowest BCUT2D eigenvalue weighted by Gasteiger charge is -2.30. The van der Waals surface area contributed by atoms with Crippen molar-refractivity contribution in [2.45, 2.75) is 74.9 Å². The maximum atomic E-state index is 14.1. The number of nitrogens with one attached hydrogen (secondary N) is 6. The summed E-state index contributed by atoms with van der Waals surface area (Å²) in [5.41, 5.74) is 8.23. The minimum absolute atomic E-state index is 0.0238. The van der Waals surface area contributed by atoms with Crippen molar-refractivity contribution >= 4 is 35.4 Å². The van der Waals surface area contributed by atoms with E-state index < -0.39 is 53.8 Å². The Kier molecular flexibility index (Phi) is 16.6. The number of carbonyl (C=O) groups excluding carboxylic acids is 6. The van der Waals surface area contributed by atoms with Crippen molar-refractivity contribution in [2.75, 3.05) is 60.2 Å². The lowest BCUT2D eigenvalue weighted by Crippen LogP contribution is -2.57. The standard InChI is InChI=1S/C55H60N8O8/c1-35(57-3)51(65)59-45(55(69)63-29-17-27-47(63)53(67)61-50-42-24-12-8-20-38(42)39-21-9-13-25-43(39)50)34-71-31-15-5-4-14-30-70-33-44(58-48(64)32-56-2)54(68)62-28-16-26-46(62)52(66)60-49-40-22-10-6-18-36(40)37-19-7-11-23-41(37)49/h6-13,18-25,35,44-47,49-50,56-57H,16-17,26-34H2,1-3H3,(H,58,64)(H,59,65)(H,60,66)(H,61,67)/t35-,44?,45?,46?,47?/m0/s1. The van der Waals surface area contributed by atoms with E-state index in [1.807, 2.05) is 97.1 Å². The minimum atomic E-state index is -1.09. The fraction of sp³-hybridized carbons (Fsp3) is 0.382. The van der Waals surface area contributed by atoms with E-state index in [9.17, 15) is 28.8 Å². The highest BCUT2D eigenvalue weighted by atomic mass is 16.5. The molecule has 2 aliphatic carbocycles. The number of amides is 6. The molecule has 368 valence electrons. The highest BCUT2D eigenvalue weighted by Gasteiger charge is 2.42. The van der Waals surface area contributed by atoms with Crippen LogP contribution in [0.15, 0.2) is 97.1 Å². The van der Waals surface area contributed by atoms with Gasteiger partial charge in [-0.2, -0.15) is 0 Å². The summed E-state index contributed by atoms with van der Waals surface area (Å²) >= 11 is 0. The normalized spacial score (nSPS) is 17.7. The first-order chi connectivity index (χ1) is 34.6. The smallest absolute Gasteiger partial charge is 0.248 e. The summed E-state index contributed by atoms with van der Waals surface area (Å²) in [6.07, 6.45) is 2.20. The van der Waals surface area contributed by atoms with Gasteiger partial charge in [0.05, 0.1) is 37.9 Å². The van der Waals surface area contributed by atoms with Crippen LogP contribution in [-0.2, 0) is 38.2 Å². The third-order valence-corrected chi connectivity index (χ3v) is 13.5. The fourth-order valence-electron chi connectivity index (χ4n) is 9.90. The largest absolute Gasteiger partial charge is 0.366 e. The molecule has 2 saturated heterocycles. The van der Waals surface area contributed by atoms with Crippen LogP contribution >= 0.6 is 0 Å². The second-order valence-electron chi connectivity index (χ2n) is 18.0. The van der Waals surface area contributed by atoms with E-state index >= 15 is 0 Å². The molecular formula is C55H60N8O8. The molecule has 0 saturated carbocycles. The number of carbonyl (C=O) groups is 6. The Labute approximate surface area is 414 Å². The van der Waals surface area contributed by atoms with Crippen LogP contribution < -0.4 is 31.9 Å². The SMILES string of the molecule is CNCC(=O)NC(COCC#CC#CCOCC(NC(=O)[C@H](C)NC)C(=O)N1CCCC1C(=O)NC1c2ccccc2-c2ccccc21)C(=O)N1CCCC1C(=O)NC1c2ccccc2-c2ccccc21. The van der Waals surface area contributed by atoms with E-state index in [1.165, 1.54) is 9.80 Å². The van der Waals surface area contributed by atoms with Gasteiger partial charge in [-0.15, -0.1) is 0 Å². The van der Waals surface area contributed by atoms with Crippen molar-refractivity contribution in [3.8, 4) is 45.9 Å². The molecule has 2 fully saturated rings. The van der Waals surface area contributed by atoms with Crippen LogP contribution in [0.4, 0.5) is 0 Å². The molecule has 4 unspecified atom stereocenters. The van der Waals surface area contributed by atoms with Crippen molar-refractivity contribution in [2.24, 2.45) is 0 Å². The van der Waals surface area contributed by atoms with Crippen molar-refractivity contribution in [1.29, 1.82) is 0 Å². The maximum absolute atomic E-state index is 14.1. The van der Waals surface area contributed by atoms with Gasteiger partial charge in [0.1, 0.15) is 37.4 Å². The number of benzene rings is 4. The summed E-state index contributed by atoms with van der Waals surface area (Å²) in [7, 11) is 3.26. The molecule has 4 aromatic carbocycles. The summed E-state index contributed by atoms with van der Waals surface area (Å²) in [6.45, 7) is 1.74. The summed E-state index contributed by atoms with van der Waals surface area (Å²) in [5, 5.41) is 17.6. The van der Waals surface area contributed by atoms with Crippen LogP contribution in [0.1, 0.15) is 66.9 Å². The Bertz CT molecular complexity index is 2690. The van der Waals surface area contributed by atoms with Crippen LogP contribution in [0, 0.1) is 23.7 Å². The Hall–Kier alpha value is -7.34. The van der Waals surface area contributed by atoms with Crippen LogP contribution in [0.3, 0.4) is 0 Å². The van der Waals surface area contributed by atoms with E-state index in [-0.39, 0.29) is 56.9 Å². The zero-order valence-corrected chi connectivity index (χ0v) is 40.2. The number of rotatable bonds is 18. The van der Waals surface area contributed by atoms with E-state index in [0.717, 1.165) is 44.5 Å². The van der Waals surface area contributed by atoms with Gasteiger partial charge in [0.25, 0.3) is 0 Å². The third kappa shape index (κ3) is 11.3. The molecule has 4 aliphatic rings. The zero-order valence-electron chi connectivity index (χ0n) is 40.2. The second kappa shape index (κ2) is 23.5. The molecule has 4 aromatic rings. The number of ether oxygens (including phenoxy) is 2. The lowest BCUT2D eigenvalue weighted by atomic mass is 10.0. The first kappa shape index (κ1) is 50.1. The highest BCUT2D eigenvalue weighted by molar-refractivity contribution is 5.95. The number of likely N-dealkylation sites (tertiary alicyclic amines) is 2. The highest BCUT2D eigenvalue weighted by Crippen LogP contribution is 2.44.